The molecule has 0 radical (unpaired) electrons. The molecule has 1 heterocycles. The third-order valence-electron chi connectivity index (χ3n) is 2.76. The molecule has 0 saturated heterocycles. The first-order valence-corrected chi connectivity index (χ1v) is 5.64. The van der Waals surface area contributed by atoms with Crippen molar-refractivity contribution in [3.8, 4) is 0 Å². The van der Waals surface area contributed by atoms with Crippen LogP contribution < -0.4 is 11.1 Å². The second kappa shape index (κ2) is 6.23. The largest absolute Gasteiger partial charge is 0.350 e. The Morgan fingerprint density at radius 3 is 2.81 bits per heavy atom. The Balaban J connectivity index is 0.00000128. The molecule has 1 aliphatic carbocycles. The van der Waals surface area contributed by atoms with Crippen LogP contribution in [0.5, 0.6) is 0 Å². The molecular formula is C10H16Cl2N4. The Hall–Kier alpha value is -0.580. The number of aromatic nitrogens is 2. The van der Waals surface area contributed by atoms with Gasteiger partial charge in [-0.3, -0.25) is 0 Å². The summed E-state index contributed by atoms with van der Waals surface area (Å²) < 4.78 is 0. The van der Waals surface area contributed by atoms with Crippen LogP contribution in [-0.2, 0) is 0 Å². The van der Waals surface area contributed by atoms with E-state index in [2.05, 4.69) is 15.3 Å². The van der Waals surface area contributed by atoms with Gasteiger partial charge in [0.05, 0.1) is 0 Å². The van der Waals surface area contributed by atoms with Crippen LogP contribution >= 0.6 is 24.0 Å². The summed E-state index contributed by atoms with van der Waals surface area (Å²) in [6, 6.07) is 2.13. The monoisotopic (exact) mass is 262 g/mol. The summed E-state index contributed by atoms with van der Waals surface area (Å²) >= 11 is 5.78. The molecule has 0 bridgehead atoms. The van der Waals surface area contributed by atoms with Crippen molar-refractivity contribution in [2.24, 2.45) is 5.73 Å². The van der Waals surface area contributed by atoms with Crippen molar-refractivity contribution in [2.45, 2.75) is 37.8 Å². The first-order chi connectivity index (χ1) is 7.25. The molecule has 2 rings (SSSR count). The molecular weight excluding hydrogens is 247 g/mol. The number of nitrogens with two attached hydrogens (primary N) is 1. The molecule has 16 heavy (non-hydrogen) atoms. The normalized spacial score (nSPS) is 24.6. The predicted molar refractivity (Wildman–Crippen MR) is 68.1 cm³/mol. The summed E-state index contributed by atoms with van der Waals surface area (Å²) in [7, 11) is 0. The molecule has 0 amide bonds. The van der Waals surface area contributed by atoms with E-state index in [0.29, 0.717) is 11.1 Å². The SMILES string of the molecule is Cl.NC1CCCCC1Nc1nccc(Cl)n1. The van der Waals surface area contributed by atoms with E-state index in [4.69, 9.17) is 17.3 Å². The van der Waals surface area contributed by atoms with E-state index in [1.165, 1.54) is 12.8 Å². The minimum Gasteiger partial charge on any atom is -0.350 e. The smallest absolute Gasteiger partial charge is 0.224 e. The Morgan fingerprint density at radius 1 is 1.38 bits per heavy atom. The molecule has 6 heteroatoms. The van der Waals surface area contributed by atoms with Crippen LogP contribution in [0, 0.1) is 0 Å². The van der Waals surface area contributed by atoms with Crippen LogP contribution in [0.4, 0.5) is 5.95 Å². The lowest BCUT2D eigenvalue weighted by atomic mass is 9.91. The lowest BCUT2D eigenvalue weighted by Crippen LogP contribution is -2.42. The number of anilines is 1. The van der Waals surface area contributed by atoms with Gasteiger partial charge in [-0.05, 0) is 18.9 Å². The van der Waals surface area contributed by atoms with E-state index in [0.717, 1.165) is 12.8 Å². The summed E-state index contributed by atoms with van der Waals surface area (Å²) in [4.78, 5) is 8.20. The van der Waals surface area contributed by atoms with Crippen LogP contribution in [0.2, 0.25) is 5.15 Å². The molecule has 2 unspecified atom stereocenters. The van der Waals surface area contributed by atoms with Crippen molar-refractivity contribution in [1.82, 2.24) is 9.97 Å². The Bertz CT molecular complexity index is 334. The summed E-state index contributed by atoms with van der Waals surface area (Å²) in [6.07, 6.45) is 6.23. The van der Waals surface area contributed by atoms with Crippen LogP contribution in [0.15, 0.2) is 12.3 Å². The summed E-state index contributed by atoms with van der Waals surface area (Å²) in [5.74, 6) is 0.574. The molecule has 1 aromatic heterocycles. The average Bonchev–Trinajstić information content (AvgIpc) is 2.22. The fourth-order valence-corrected chi connectivity index (χ4v) is 2.05. The van der Waals surface area contributed by atoms with Crippen molar-refractivity contribution >= 4 is 30.0 Å². The van der Waals surface area contributed by atoms with Gasteiger partial charge in [0, 0.05) is 18.3 Å². The van der Waals surface area contributed by atoms with Crippen LogP contribution in [-0.4, -0.2) is 22.1 Å². The van der Waals surface area contributed by atoms with Gasteiger partial charge in [-0.25, -0.2) is 9.97 Å². The minimum absolute atomic E-state index is 0. The first kappa shape index (κ1) is 13.5. The standard InChI is InChI=1S/C10H15ClN4.ClH/c11-9-5-6-13-10(15-9)14-8-4-2-1-3-7(8)12;/h5-8H,1-4,12H2,(H,13,14,15);1H. The van der Waals surface area contributed by atoms with Crippen molar-refractivity contribution in [2.75, 3.05) is 5.32 Å². The van der Waals surface area contributed by atoms with Crippen molar-refractivity contribution < 1.29 is 0 Å². The molecule has 1 saturated carbocycles. The fraction of sp³-hybridized carbons (Fsp3) is 0.600. The maximum atomic E-state index is 6.01. The number of nitrogens with one attached hydrogen (secondary N) is 1. The lowest BCUT2D eigenvalue weighted by molar-refractivity contribution is 0.402. The lowest BCUT2D eigenvalue weighted by Gasteiger charge is -2.29. The zero-order valence-corrected chi connectivity index (χ0v) is 10.5. The molecule has 0 aromatic carbocycles. The van der Waals surface area contributed by atoms with Gasteiger partial charge in [0.1, 0.15) is 5.15 Å². The topological polar surface area (TPSA) is 63.8 Å². The molecule has 0 spiro atoms. The van der Waals surface area contributed by atoms with Crippen molar-refractivity contribution in [3.05, 3.63) is 17.4 Å². The highest BCUT2D eigenvalue weighted by Crippen LogP contribution is 2.19. The summed E-state index contributed by atoms with van der Waals surface area (Å²) in [5.41, 5.74) is 6.01. The van der Waals surface area contributed by atoms with Crippen molar-refractivity contribution in [3.63, 3.8) is 0 Å². The molecule has 3 N–H and O–H groups in total. The van der Waals surface area contributed by atoms with Gasteiger partial charge in [-0.15, -0.1) is 12.4 Å². The van der Waals surface area contributed by atoms with Crippen molar-refractivity contribution in [1.29, 1.82) is 0 Å². The van der Waals surface area contributed by atoms with Gasteiger partial charge in [0.25, 0.3) is 0 Å². The third-order valence-corrected chi connectivity index (χ3v) is 2.97. The number of halogens is 2. The second-order valence-corrected chi connectivity index (χ2v) is 4.29. The maximum Gasteiger partial charge on any atom is 0.224 e. The van der Waals surface area contributed by atoms with Crippen LogP contribution in [0.1, 0.15) is 25.7 Å². The zero-order valence-electron chi connectivity index (χ0n) is 8.90. The van der Waals surface area contributed by atoms with Gasteiger partial charge < -0.3 is 11.1 Å². The molecule has 1 aromatic rings. The first-order valence-electron chi connectivity index (χ1n) is 5.26. The molecule has 2 atom stereocenters. The van der Waals surface area contributed by atoms with Gasteiger partial charge in [-0.2, -0.15) is 0 Å². The fourth-order valence-electron chi connectivity index (χ4n) is 1.91. The van der Waals surface area contributed by atoms with Gasteiger partial charge in [-0.1, -0.05) is 24.4 Å². The average molecular weight is 263 g/mol. The van der Waals surface area contributed by atoms with E-state index in [9.17, 15) is 0 Å². The van der Waals surface area contributed by atoms with E-state index in [1.807, 2.05) is 0 Å². The highest BCUT2D eigenvalue weighted by molar-refractivity contribution is 6.29. The number of hydrogen-bond acceptors (Lipinski definition) is 4. The second-order valence-electron chi connectivity index (χ2n) is 3.90. The molecule has 4 nitrogen and oxygen atoms in total. The summed E-state index contributed by atoms with van der Waals surface area (Å²) in [5, 5.41) is 3.70. The Kier molecular flexibility index (Phi) is 5.25. The molecule has 1 aliphatic rings. The van der Waals surface area contributed by atoms with E-state index < -0.39 is 0 Å². The Labute approximate surface area is 106 Å². The van der Waals surface area contributed by atoms with E-state index in [-0.39, 0.29) is 24.5 Å². The highest BCUT2D eigenvalue weighted by Gasteiger charge is 2.22. The quantitative estimate of drug-likeness (QED) is 0.803. The Morgan fingerprint density at radius 2 is 2.12 bits per heavy atom. The van der Waals surface area contributed by atoms with Crippen LogP contribution in [0.3, 0.4) is 0 Å². The molecule has 90 valence electrons. The zero-order chi connectivity index (χ0) is 10.7. The van der Waals surface area contributed by atoms with Gasteiger partial charge in [0.15, 0.2) is 0 Å². The highest BCUT2D eigenvalue weighted by atomic mass is 35.5. The third kappa shape index (κ3) is 3.47. The number of hydrogen-bond donors (Lipinski definition) is 2. The van der Waals surface area contributed by atoms with Gasteiger partial charge in [0.2, 0.25) is 5.95 Å². The molecule has 1 fully saturated rings. The maximum absolute atomic E-state index is 6.01. The number of rotatable bonds is 2. The molecule has 0 aliphatic heterocycles. The van der Waals surface area contributed by atoms with E-state index >= 15 is 0 Å². The summed E-state index contributed by atoms with van der Waals surface area (Å²) in [6.45, 7) is 0. The number of nitrogens with zero attached hydrogens (tertiary/aromatic N) is 2. The van der Waals surface area contributed by atoms with Gasteiger partial charge >= 0.3 is 0 Å². The van der Waals surface area contributed by atoms with E-state index in [1.54, 1.807) is 12.3 Å². The predicted octanol–water partition coefficient (Wildman–Crippen LogP) is 2.23. The minimum atomic E-state index is 0. The van der Waals surface area contributed by atoms with Crippen LogP contribution in [0.25, 0.3) is 0 Å².